The van der Waals surface area contributed by atoms with Crippen LogP contribution in [0.3, 0.4) is 0 Å². The number of imide groups is 1. The third-order valence-corrected chi connectivity index (χ3v) is 2.65. The number of hydrogen-bond donors (Lipinski definition) is 2. The van der Waals surface area contributed by atoms with E-state index in [0.717, 1.165) is 5.69 Å². The Morgan fingerprint density at radius 3 is 2.58 bits per heavy atom. The van der Waals surface area contributed by atoms with Crippen LogP contribution < -0.4 is 16.0 Å². The molecule has 3 amide bonds. The molecule has 0 bridgehead atoms. The molecule has 1 rings (SSSR count). The Morgan fingerprint density at radius 1 is 1.42 bits per heavy atom. The fourth-order valence-corrected chi connectivity index (χ4v) is 1.70. The summed E-state index contributed by atoms with van der Waals surface area (Å²) in [6.07, 6.45) is 0.281. The molecule has 0 heterocycles. The fourth-order valence-electron chi connectivity index (χ4n) is 1.70. The molecule has 0 spiro atoms. The van der Waals surface area contributed by atoms with Crippen LogP contribution >= 0.6 is 0 Å². The van der Waals surface area contributed by atoms with Crippen molar-refractivity contribution in [3.05, 3.63) is 30.3 Å². The van der Waals surface area contributed by atoms with Crippen molar-refractivity contribution in [2.45, 2.75) is 19.4 Å². The predicted molar refractivity (Wildman–Crippen MR) is 71.2 cm³/mol. The van der Waals surface area contributed by atoms with Crippen LogP contribution in [0, 0.1) is 11.3 Å². The molecule has 19 heavy (non-hydrogen) atoms. The standard InChI is InChI=1S/C13H16N4O2/c1-10(12(18)16-13(15)19)17(9-5-8-14)11-6-3-2-4-7-11/h2-4,6-7,10H,5,9H2,1H3,(H3,15,16,18,19). The molecule has 0 aliphatic carbocycles. The van der Waals surface area contributed by atoms with Crippen molar-refractivity contribution in [2.75, 3.05) is 11.4 Å². The second kappa shape index (κ2) is 7.01. The largest absolute Gasteiger partial charge is 0.359 e. The molecule has 0 aliphatic rings. The average molecular weight is 260 g/mol. The lowest BCUT2D eigenvalue weighted by Crippen LogP contribution is -2.48. The number of benzene rings is 1. The third-order valence-electron chi connectivity index (χ3n) is 2.65. The van der Waals surface area contributed by atoms with Crippen LogP contribution in [0.5, 0.6) is 0 Å². The Kier molecular flexibility index (Phi) is 5.35. The second-order valence-corrected chi connectivity index (χ2v) is 3.97. The number of nitrogens with two attached hydrogens (primary N) is 1. The zero-order valence-corrected chi connectivity index (χ0v) is 10.7. The molecule has 6 heteroatoms. The van der Waals surface area contributed by atoms with Crippen LogP contribution in [0.25, 0.3) is 0 Å². The summed E-state index contributed by atoms with van der Waals surface area (Å²) in [5, 5.41) is 10.7. The van der Waals surface area contributed by atoms with Gasteiger partial charge in [-0.1, -0.05) is 18.2 Å². The van der Waals surface area contributed by atoms with Crippen LogP contribution in [0.1, 0.15) is 13.3 Å². The third kappa shape index (κ3) is 4.32. The molecule has 6 nitrogen and oxygen atoms in total. The highest BCUT2D eigenvalue weighted by atomic mass is 16.2. The molecule has 100 valence electrons. The van der Waals surface area contributed by atoms with Crippen LogP contribution in [-0.4, -0.2) is 24.5 Å². The number of amides is 3. The summed E-state index contributed by atoms with van der Waals surface area (Å²) in [5.41, 5.74) is 5.74. The van der Waals surface area contributed by atoms with E-state index in [1.54, 1.807) is 11.8 Å². The molecule has 0 aromatic heterocycles. The molecular formula is C13H16N4O2. The minimum atomic E-state index is -0.884. The number of rotatable bonds is 5. The number of hydrogen-bond acceptors (Lipinski definition) is 4. The summed E-state index contributed by atoms with van der Waals surface area (Å²) in [7, 11) is 0. The number of carbonyl (C=O) groups is 2. The topological polar surface area (TPSA) is 99.2 Å². The number of anilines is 1. The van der Waals surface area contributed by atoms with E-state index < -0.39 is 18.0 Å². The summed E-state index contributed by atoms with van der Waals surface area (Å²) in [5.74, 6) is -0.491. The first-order chi connectivity index (χ1) is 9.06. The highest BCUT2D eigenvalue weighted by Gasteiger charge is 2.22. The van der Waals surface area contributed by atoms with E-state index in [4.69, 9.17) is 11.0 Å². The van der Waals surface area contributed by atoms with E-state index in [1.807, 2.05) is 41.7 Å². The van der Waals surface area contributed by atoms with Crippen LogP contribution in [0.4, 0.5) is 10.5 Å². The number of carbonyl (C=O) groups excluding carboxylic acids is 2. The van der Waals surface area contributed by atoms with E-state index in [0.29, 0.717) is 6.54 Å². The van der Waals surface area contributed by atoms with Gasteiger partial charge >= 0.3 is 6.03 Å². The summed E-state index contributed by atoms with van der Waals surface area (Å²) >= 11 is 0. The first-order valence-electron chi connectivity index (χ1n) is 5.85. The van der Waals surface area contributed by atoms with Crippen molar-refractivity contribution in [1.82, 2.24) is 5.32 Å². The smallest absolute Gasteiger partial charge is 0.318 e. The van der Waals surface area contributed by atoms with Crippen molar-refractivity contribution < 1.29 is 9.59 Å². The van der Waals surface area contributed by atoms with Gasteiger partial charge in [0.25, 0.3) is 0 Å². The van der Waals surface area contributed by atoms with Crippen LogP contribution in [-0.2, 0) is 4.79 Å². The van der Waals surface area contributed by atoms with Gasteiger partial charge in [0.05, 0.1) is 12.5 Å². The number of urea groups is 1. The Labute approximate surface area is 111 Å². The van der Waals surface area contributed by atoms with Gasteiger partial charge in [-0.25, -0.2) is 4.79 Å². The zero-order valence-electron chi connectivity index (χ0n) is 10.7. The average Bonchev–Trinajstić information content (AvgIpc) is 2.39. The molecule has 1 aromatic carbocycles. The highest BCUT2D eigenvalue weighted by Crippen LogP contribution is 2.16. The predicted octanol–water partition coefficient (Wildman–Crippen LogP) is 0.990. The maximum absolute atomic E-state index is 11.8. The first-order valence-corrected chi connectivity index (χ1v) is 5.85. The molecule has 1 unspecified atom stereocenters. The number of nitrogens with one attached hydrogen (secondary N) is 1. The fraction of sp³-hybridized carbons (Fsp3) is 0.308. The maximum Gasteiger partial charge on any atom is 0.318 e. The van der Waals surface area contributed by atoms with Gasteiger partial charge < -0.3 is 10.6 Å². The van der Waals surface area contributed by atoms with Gasteiger partial charge in [0, 0.05) is 12.2 Å². The van der Waals surface area contributed by atoms with Crippen molar-refractivity contribution in [2.24, 2.45) is 5.73 Å². The Balaban J connectivity index is 2.88. The lowest BCUT2D eigenvalue weighted by molar-refractivity contribution is -0.120. The number of nitriles is 1. The van der Waals surface area contributed by atoms with E-state index in [-0.39, 0.29) is 6.42 Å². The van der Waals surface area contributed by atoms with E-state index in [9.17, 15) is 9.59 Å². The summed E-state index contributed by atoms with van der Waals surface area (Å²) in [6, 6.07) is 9.78. The Morgan fingerprint density at radius 2 is 2.05 bits per heavy atom. The summed E-state index contributed by atoms with van der Waals surface area (Å²) in [4.78, 5) is 24.3. The van der Waals surface area contributed by atoms with Crippen molar-refractivity contribution in [3.8, 4) is 6.07 Å². The molecule has 0 saturated carbocycles. The Bertz CT molecular complexity index is 481. The van der Waals surface area contributed by atoms with Gasteiger partial charge in [0.1, 0.15) is 6.04 Å². The number of primary amides is 1. The van der Waals surface area contributed by atoms with E-state index in [2.05, 4.69) is 0 Å². The van der Waals surface area contributed by atoms with Crippen LogP contribution in [0.2, 0.25) is 0 Å². The quantitative estimate of drug-likeness (QED) is 0.824. The zero-order chi connectivity index (χ0) is 14.3. The van der Waals surface area contributed by atoms with E-state index in [1.165, 1.54) is 0 Å². The first kappa shape index (κ1) is 14.5. The SMILES string of the molecule is CC(C(=O)NC(N)=O)N(CCC#N)c1ccccc1. The Hall–Kier alpha value is -2.55. The second-order valence-electron chi connectivity index (χ2n) is 3.97. The number of nitrogens with zero attached hydrogens (tertiary/aromatic N) is 2. The molecule has 0 aliphatic heterocycles. The van der Waals surface area contributed by atoms with Gasteiger partial charge in [-0.3, -0.25) is 10.1 Å². The van der Waals surface area contributed by atoms with Crippen molar-refractivity contribution in [1.29, 1.82) is 5.26 Å². The monoisotopic (exact) mass is 260 g/mol. The van der Waals surface area contributed by atoms with E-state index >= 15 is 0 Å². The highest BCUT2D eigenvalue weighted by molar-refractivity contribution is 5.97. The van der Waals surface area contributed by atoms with Gasteiger partial charge in [-0.2, -0.15) is 5.26 Å². The summed E-state index contributed by atoms with van der Waals surface area (Å²) in [6.45, 7) is 2.05. The minimum absolute atomic E-state index is 0.281. The molecule has 3 N–H and O–H groups in total. The molecular weight excluding hydrogens is 244 g/mol. The maximum atomic E-state index is 11.8. The molecule has 0 fully saturated rings. The van der Waals surface area contributed by atoms with Gasteiger partial charge in [0.2, 0.25) is 5.91 Å². The van der Waals surface area contributed by atoms with Crippen molar-refractivity contribution >= 4 is 17.6 Å². The number of para-hydroxylation sites is 1. The molecule has 0 radical (unpaired) electrons. The van der Waals surface area contributed by atoms with Crippen LogP contribution in [0.15, 0.2) is 30.3 Å². The van der Waals surface area contributed by atoms with Gasteiger partial charge in [0.15, 0.2) is 0 Å². The van der Waals surface area contributed by atoms with Gasteiger partial charge in [-0.15, -0.1) is 0 Å². The lowest BCUT2D eigenvalue weighted by Gasteiger charge is -2.29. The lowest BCUT2D eigenvalue weighted by atomic mass is 10.2. The normalized spacial score (nSPS) is 11.2. The minimum Gasteiger partial charge on any atom is -0.359 e. The molecule has 0 saturated heterocycles. The van der Waals surface area contributed by atoms with Crippen molar-refractivity contribution in [3.63, 3.8) is 0 Å². The molecule has 1 atom stereocenters. The molecule has 1 aromatic rings. The van der Waals surface area contributed by atoms with Gasteiger partial charge in [-0.05, 0) is 19.1 Å². The summed E-state index contributed by atoms with van der Waals surface area (Å²) < 4.78 is 0.